The average molecular weight is 228 g/mol. The first-order valence-electron chi connectivity index (χ1n) is 5.35. The number of rotatable bonds is 5. The highest BCUT2D eigenvalue weighted by atomic mass is 35.5. The number of benzene rings is 1. The third-order valence-corrected chi connectivity index (χ3v) is 2.80. The molecule has 0 saturated heterocycles. The summed E-state index contributed by atoms with van der Waals surface area (Å²) in [7, 11) is 0. The second-order valence-corrected chi connectivity index (χ2v) is 3.87. The molecule has 1 atom stereocenters. The summed E-state index contributed by atoms with van der Waals surface area (Å²) < 4.78 is 5.38. The number of hydrogen-bond donors (Lipinski definition) is 1. The number of ether oxygens (including phenoxy) is 1. The van der Waals surface area contributed by atoms with Crippen molar-refractivity contribution < 1.29 is 4.74 Å². The van der Waals surface area contributed by atoms with Crippen LogP contribution in [0.1, 0.15) is 31.7 Å². The van der Waals surface area contributed by atoms with Gasteiger partial charge in [0.15, 0.2) is 0 Å². The Bertz CT molecular complexity index is 310. The Morgan fingerprint density at radius 3 is 2.60 bits per heavy atom. The van der Waals surface area contributed by atoms with Crippen molar-refractivity contribution >= 4 is 11.6 Å². The van der Waals surface area contributed by atoms with Gasteiger partial charge in [0, 0.05) is 0 Å². The molecule has 0 aliphatic heterocycles. The second-order valence-electron chi connectivity index (χ2n) is 3.46. The SMILES string of the molecule is CCOc1ccc(C(CC)CN)cc1Cl. The standard InChI is InChI=1S/C12H18ClNO/c1-3-9(8-14)10-5-6-12(15-4-2)11(13)7-10/h5-7,9H,3-4,8,14H2,1-2H3. The van der Waals surface area contributed by atoms with Crippen LogP contribution in [0.25, 0.3) is 0 Å². The molecule has 1 aromatic rings. The first kappa shape index (κ1) is 12.3. The molecule has 0 aromatic heterocycles. The van der Waals surface area contributed by atoms with Gasteiger partial charge in [0.25, 0.3) is 0 Å². The van der Waals surface area contributed by atoms with E-state index in [1.54, 1.807) is 0 Å². The van der Waals surface area contributed by atoms with Gasteiger partial charge in [0.2, 0.25) is 0 Å². The molecule has 2 nitrogen and oxygen atoms in total. The van der Waals surface area contributed by atoms with E-state index in [2.05, 4.69) is 6.92 Å². The molecule has 0 heterocycles. The minimum absolute atomic E-state index is 0.387. The zero-order chi connectivity index (χ0) is 11.3. The van der Waals surface area contributed by atoms with Crippen LogP contribution in [-0.2, 0) is 0 Å². The van der Waals surface area contributed by atoms with E-state index in [4.69, 9.17) is 22.1 Å². The van der Waals surface area contributed by atoms with Crippen LogP contribution in [-0.4, -0.2) is 13.2 Å². The van der Waals surface area contributed by atoms with Crippen molar-refractivity contribution in [2.75, 3.05) is 13.2 Å². The van der Waals surface area contributed by atoms with Crippen LogP contribution in [0.4, 0.5) is 0 Å². The molecule has 1 unspecified atom stereocenters. The molecule has 0 amide bonds. The van der Waals surface area contributed by atoms with Gasteiger partial charge in [0.1, 0.15) is 5.75 Å². The first-order chi connectivity index (χ1) is 7.22. The van der Waals surface area contributed by atoms with Crippen LogP contribution < -0.4 is 10.5 Å². The van der Waals surface area contributed by atoms with Crippen molar-refractivity contribution in [3.63, 3.8) is 0 Å². The minimum Gasteiger partial charge on any atom is -0.492 e. The predicted molar refractivity (Wildman–Crippen MR) is 64.7 cm³/mol. The summed E-state index contributed by atoms with van der Waals surface area (Å²) in [5, 5.41) is 0.668. The summed E-state index contributed by atoms with van der Waals surface area (Å²) in [5.74, 6) is 1.13. The van der Waals surface area contributed by atoms with Gasteiger partial charge in [-0.25, -0.2) is 0 Å². The van der Waals surface area contributed by atoms with Gasteiger partial charge in [0.05, 0.1) is 11.6 Å². The largest absolute Gasteiger partial charge is 0.492 e. The normalized spacial score (nSPS) is 12.5. The Morgan fingerprint density at radius 1 is 1.40 bits per heavy atom. The molecule has 2 N–H and O–H groups in total. The van der Waals surface area contributed by atoms with E-state index in [-0.39, 0.29) is 0 Å². The lowest BCUT2D eigenvalue weighted by molar-refractivity contribution is 0.340. The van der Waals surface area contributed by atoms with Gasteiger partial charge >= 0.3 is 0 Å². The summed E-state index contributed by atoms with van der Waals surface area (Å²) in [6.45, 7) is 5.36. The van der Waals surface area contributed by atoms with Crippen LogP contribution in [0.3, 0.4) is 0 Å². The topological polar surface area (TPSA) is 35.2 Å². The molecule has 0 aliphatic carbocycles. The molecule has 15 heavy (non-hydrogen) atoms. The summed E-state index contributed by atoms with van der Waals surface area (Å²) in [4.78, 5) is 0. The van der Waals surface area contributed by atoms with Crippen molar-refractivity contribution in [1.29, 1.82) is 0 Å². The van der Waals surface area contributed by atoms with Gasteiger partial charge in [-0.05, 0) is 43.5 Å². The highest BCUT2D eigenvalue weighted by Gasteiger charge is 2.09. The average Bonchev–Trinajstić information content (AvgIpc) is 2.24. The number of halogens is 1. The Morgan fingerprint density at radius 2 is 2.13 bits per heavy atom. The quantitative estimate of drug-likeness (QED) is 0.839. The minimum atomic E-state index is 0.387. The van der Waals surface area contributed by atoms with Crippen LogP contribution in [0.2, 0.25) is 5.02 Å². The van der Waals surface area contributed by atoms with Crippen LogP contribution >= 0.6 is 11.6 Å². The predicted octanol–water partition coefficient (Wildman–Crippen LogP) is 3.19. The zero-order valence-corrected chi connectivity index (χ0v) is 10.1. The van der Waals surface area contributed by atoms with E-state index in [1.165, 1.54) is 5.56 Å². The summed E-state index contributed by atoms with van der Waals surface area (Å²) in [6, 6.07) is 5.91. The molecular weight excluding hydrogens is 210 g/mol. The smallest absolute Gasteiger partial charge is 0.137 e. The molecule has 0 aliphatic rings. The molecular formula is C12H18ClNO. The van der Waals surface area contributed by atoms with Crippen LogP contribution in [0, 0.1) is 0 Å². The highest BCUT2D eigenvalue weighted by molar-refractivity contribution is 6.32. The Hall–Kier alpha value is -0.730. The van der Waals surface area contributed by atoms with Crippen LogP contribution in [0.5, 0.6) is 5.75 Å². The van der Waals surface area contributed by atoms with Crippen molar-refractivity contribution in [1.82, 2.24) is 0 Å². The third-order valence-electron chi connectivity index (χ3n) is 2.50. The van der Waals surface area contributed by atoms with E-state index in [1.807, 2.05) is 25.1 Å². The summed E-state index contributed by atoms with van der Waals surface area (Å²) >= 11 is 6.10. The maximum atomic E-state index is 6.10. The highest BCUT2D eigenvalue weighted by Crippen LogP contribution is 2.29. The fourth-order valence-corrected chi connectivity index (χ4v) is 1.83. The van der Waals surface area contributed by atoms with E-state index in [0.29, 0.717) is 24.1 Å². The van der Waals surface area contributed by atoms with E-state index < -0.39 is 0 Å². The molecule has 1 aromatic carbocycles. The fourth-order valence-electron chi connectivity index (χ4n) is 1.58. The summed E-state index contributed by atoms with van der Waals surface area (Å²) in [5.41, 5.74) is 6.88. The maximum Gasteiger partial charge on any atom is 0.137 e. The van der Waals surface area contributed by atoms with Gasteiger partial charge in [-0.2, -0.15) is 0 Å². The van der Waals surface area contributed by atoms with Crippen molar-refractivity contribution in [3.8, 4) is 5.75 Å². The molecule has 0 radical (unpaired) electrons. The van der Waals surface area contributed by atoms with Gasteiger partial charge in [-0.15, -0.1) is 0 Å². The van der Waals surface area contributed by atoms with E-state index in [0.717, 1.165) is 12.2 Å². The molecule has 0 saturated carbocycles. The van der Waals surface area contributed by atoms with Gasteiger partial charge in [-0.3, -0.25) is 0 Å². The second kappa shape index (κ2) is 5.99. The molecule has 1 rings (SSSR count). The molecule has 0 fully saturated rings. The van der Waals surface area contributed by atoms with Crippen molar-refractivity contribution in [3.05, 3.63) is 28.8 Å². The lowest BCUT2D eigenvalue weighted by Crippen LogP contribution is -2.11. The number of hydrogen-bond acceptors (Lipinski definition) is 2. The van der Waals surface area contributed by atoms with Crippen molar-refractivity contribution in [2.45, 2.75) is 26.2 Å². The summed E-state index contributed by atoms with van der Waals surface area (Å²) in [6.07, 6.45) is 1.03. The molecule has 0 spiro atoms. The zero-order valence-electron chi connectivity index (χ0n) is 9.29. The van der Waals surface area contributed by atoms with Gasteiger partial charge in [-0.1, -0.05) is 24.6 Å². The Balaban J connectivity index is 2.89. The fraction of sp³-hybridized carbons (Fsp3) is 0.500. The lowest BCUT2D eigenvalue weighted by atomic mass is 9.97. The monoisotopic (exact) mass is 227 g/mol. The lowest BCUT2D eigenvalue weighted by Gasteiger charge is -2.14. The molecule has 0 bridgehead atoms. The molecule has 3 heteroatoms. The maximum absolute atomic E-state index is 6.10. The van der Waals surface area contributed by atoms with E-state index in [9.17, 15) is 0 Å². The Labute approximate surface area is 96.4 Å². The Kier molecular flexibility index (Phi) is 4.92. The molecule has 84 valence electrons. The number of nitrogens with two attached hydrogens (primary N) is 1. The van der Waals surface area contributed by atoms with Crippen LogP contribution in [0.15, 0.2) is 18.2 Å². The first-order valence-corrected chi connectivity index (χ1v) is 5.73. The van der Waals surface area contributed by atoms with Gasteiger partial charge < -0.3 is 10.5 Å². The van der Waals surface area contributed by atoms with E-state index >= 15 is 0 Å². The third kappa shape index (κ3) is 3.11. The van der Waals surface area contributed by atoms with Crippen molar-refractivity contribution in [2.24, 2.45) is 5.73 Å².